The number of aliphatic hydroxyl groups excluding tert-OH is 1. The van der Waals surface area contributed by atoms with Crippen molar-refractivity contribution in [2.24, 2.45) is 0 Å². The summed E-state index contributed by atoms with van der Waals surface area (Å²) in [6.07, 6.45) is -1.04. The Kier molecular flexibility index (Phi) is 5.46. The van der Waals surface area contributed by atoms with Gasteiger partial charge in [-0.05, 0) is 56.7 Å². The molecule has 0 aliphatic rings. The number of furan rings is 1. The van der Waals surface area contributed by atoms with Gasteiger partial charge in [-0.2, -0.15) is 0 Å². The van der Waals surface area contributed by atoms with Crippen LogP contribution >= 0.6 is 0 Å². The van der Waals surface area contributed by atoms with Crippen LogP contribution in [-0.4, -0.2) is 26.7 Å². The topological polar surface area (TPSA) is 88.8 Å². The normalized spacial score (nSPS) is 13.0. The summed E-state index contributed by atoms with van der Waals surface area (Å²) in [5, 5.41) is 9.97. The van der Waals surface area contributed by atoms with Gasteiger partial charge in [-0.1, -0.05) is 0 Å². The Labute approximate surface area is 136 Å². The van der Waals surface area contributed by atoms with E-state index >= 15 is 0 Å². The molecule has 1 aromatic heterocycles. The van der Waals surface area contributed by atoms with E-state index in [1.165, 1.54) is 12.1 Å². The molecule has 2 rings (SSSR count). The lowest BCUT2D eigenvalue weighted by molar-refractivity contribution is 0.152. The summed E-state index contributed by atoms with van der Waals surface area (Å²) in [7, 11) is -3.72. The fourth-order valence-electron chi connectivity index (χ4n) is 2.11. The number of ether oxygens (including phenoxy) is 1. The van der Waals surface area contributed by atoms with E-state index in [0.29, 0.717) is 23.9 Å². The second-order valence-corrected chi connectivity index (χ2v) is 6.94. The van der Waals surface area contributed by atoms with Crippen LogP contribution < -0.4 is 9.46 Å². The molecule has 0 bridgehead atoms. The monoisotopic (exact) mass is 339 g/mol. The Balaban J connectivity index is 2.08. The molecule has 0 saturated heterocycles. The lowest BCUT2D eigenvalue weighted by Crippen LogP contribution is -2.28. The van der Waals surface area contributed by atoms with E-state index in [9.17, 15) is 13.5 Å². The molecule has 1 heterocycles. The van der Waals surface area contributed by atoms with Gasteiger partial charge in [0.15, 0.2) is 0 Å². The van der Waals surface area contributed by atoms with Crippen molar-refractivity contribution in [3.8, 4) is 5.75 Å². The third-order valence-electron chi connectivity index (χ3n) is 3.31. The van der Waals surface area contributed by atoms with E-state index in [2.05, 4.69) is 4.72 Å². The van der Waals surface area contributed by atoms with Gasteiger partial charge in [-0.25, -0.2) is 13.1 Å². The molecule has 0 aliphatic heterocycles. The standard InChI is InChI=1S/C16H21NO5S/c1-4-21-15-8-6-13(9-11(15)2)23(19,20)17-10-14(18)16-7-5-12(3)22-16/h5-9,14,17-18H,4,10H2,1-3H3. The summed E-state index contributed by atoms with van der Waals surface area (Å²) in [4.78, 5) is 0.126. The highest BCUT2D eigenvalue weighted by molar-refractivity contribution is 7.89. The Morgan fingerprint density at radius 1 is 1.26 bits per heavy atom. The van der Waals surface area contributed by atoms with Crippen LogP contribution in [-0.2, 0) is 10.0 Å². The highest BCUT2D eigenvalue weighted by atomic mass is 32.2. The predicted molar refractivity (Wildman–Crippen MR) is 85.9 cm³/mol. The Hall–Kier alpha value is -1.83. The molecule has 0 saturated carbocycles. The quantitative estimate of drug-likeness (QED) is 0.808. The Morgan fingerprint density at radius 3 is 2.57 bits per heavy atom. The van der Waals surface area contributed by atoms with E-state index in [4.69, 9.17) is 9.15 Å². The lowest BCUT2D eigenvalue weighted by atomic mass is 10.2. The average molecular weight is 339 g/mol. The van der Waals surface area contributed by atoms with Gasteiger partial charge in [0.1, 0.15) is 23.4 Å². The number of hydrogen-bond acceptors (Lipinski definition) is 5. The second kappa shape index (κ2) is 7.16. The zero-order valence-corrected chi connectivity index (χ0v) is 14.2. The van der Waals surface area contributed by atoms with Crippen LogP contribution in [0.25, 0.3) is 0 Å². The van der Waals surface area contributed by atoms with E-state index in [-0.39, 0.29) is 11.4 Å². The summed E-state index contributed by atoms with van der Waals surface area (Å²) < 4.78 is 37.7. The minimum atomic E-state index is -3.72. The first-order chi connectivity index (χ1) is 10.8. The van der Waals surface area contributed by atoms with Gasteiger partial charge in [-0.3, -0.25) is 0 Å². The van der Waals surface area contributed by atoms with Gasteiger partial charge < -0.3 is 14.3 Å². The van der Waals surface area contributed by atoms with Gasteiger partial charge in [0.2, 0.25) is 10.0 Å². The fourth-order valence-corrected chi connectivity index (χ4v) is 3.23. The fraction of sp³-hybridized carbons (Fsp3) is 0.375. The summed E-state index contributed by atoms with van der Waals surface area (Å²) in [5.41, 5.74) is 0.733. The summed E-state index contributed by atoms with van der Waals surface area (Å²) in [5.74, 6) is 1.63. The molecule has 1 aromatic carbocycles. The second-order valence-electron chi connectivity index (χ2n) is 5.18. The number of sulfonamides is 1. The molecular weight excluding hydrogens is 318 g/mol. The molecule has 6 nitrogen and oxygen atoms in total. The molecule has 2 N–H and O–H groups in total. The smallest absolute Gasteiger partial charge is 0.240 e. The highest BCUT2D eigenvalue weighted by Crippen LogP contribution is 2.22. The third kappa shape index (κ3) is 4.34. The molecular formula is C16H21NO5S. The van der Waals surface area contributed by atoms with Gasteiger partial charge >= 0.3 is 0 Å². The van der Waals surface area contributed by atoms with Crippen molar-refractivity contribution in [3.05, 3.63) is 47.4 Å². The lowest BCUT2D eigenvalue weighted by Gasteiger charge is -2.12. The van der Waals surface area contributed by atoms with Gasteiger partial charge in [0, 0.05) is 6.54 Å². The summed E-state index contributed by atoms with van der Waals surface area (Å²) in [6, 6.07) is 7.97. The SMILES string of the molecule is CCOc1ccc(S(=O)(=O)NCC(O)c2ccc(C)o2)cc1C. The summed E-state index contributed by atoms with van der Waals surface area (Å²) >= 11 is 0. The molecule has 0 amide bonds. The number of rotatable bonds is 7. The maximum atomic E-state index is 12.3. The van der Waals surface area contributed by atoms with Gasteiger partial charge in [-0.15, -0.1) is 0 Å². The van der Waals surface area contributed by atoms with Crippen LogP contribution in [0.15, 0.2) is 39.6 Å². The third-order valence-corrected chi connectivity index (χ3v) is 4.73. The molecule has 0 fully saturated rings. The Morgan fingerprint density at radius 2 is 2.00 bits per heavy atom. The first kappa shape index (κ1) is 17.5. The van der Waals surface area contributed by atoms with Crippen LogP contribution in [0.5, 0.6) is 5.75 Å². The zero-order valence-electron chi connectivity index (χ0n) is 13.4. The number of benzene rings is 1. The van der Waals surface area contributed by atoms with E-state index in [1.807, 2.05) is 6.92 Å². The van der Waals surface area contributed by atoms with Gasteiger partial charge in [0.25, 0.3) is 0 Å². The van der Waals surface area contributed by atoms with Crippen molar-refractivity contribution in [2.45, 2.75) is 31.8 Å². The first-order valence-corrected chi connectivity index (χ1v) is 8.79. The maximum Gasteiger partial charge on any atom is 0.240 e. The summed E-state index contributed by atoms with van der Waals surface area (Å²) in [6.45, 7) is 5.75. The van der Waals surface area contributed by atoms with Crippen molar-refractivity contribution in [3.63, 3.8) is 0 Å². The van der Waals surface area contributed by atoms with Crippen molar-refractivity contribution in [1.29, 1.82) is 0 Å². The number of nitrogens with one attached hydrogen (secondary N) is 1. The molecule has 0 aliphatic carbocycles. The largest absolute Gasteiger partial charge is 0.494 e. The maximum absolute atomic E-state index is 12.3. The minimum absolute atomic E-state index is 0.126. The number of aliphatic hydroxyl groups is 1. The van der Waals surface area contributed by atoms with E-state index < -0.39 is 16.1 Å². The van der Waals surface area contributed by atoms with Crippen LogP contribution in [0.4, 0.5) is 0 Å². The molecule has 126 valence electrons. The molecule has 23 heavy (non-hydrogen) atoms. The van der Waals surface area contributed by atoms with Crippen molar-refractivity contribution in [1.82, 2.24) is 4.72 Å². The van der Waals surface area contributed by atoms with E-state index in [0.717, 1.165) is 5.56 Å². The van der Waals surface area contributed by atoms with E-state index in [1.54, 1.807) is 32.0 Å². The first-order valence-electron chi connectivity index (χ1n) is 7.31. The number of hydrogen-bond donors (Lipinski definition) is 2. The van der Waals surface area contributed by atoms with Crippen LogP contribution in [0.1, 0.15) is 30.1 Å². The average Bonchev–Trinajstić information content (AvgIpc) is 2.94. The van der Waals surface area contributed by atoms with Crippen LogP contribution in [0, 0.1) is 13.8 Å². The van der Waals surface area contributed by atoms with Crippen molar-refractivity contribution in [2.75, 3.05) is 13.2 Å². The molecule has 0 spiro atoms. The molecule has 7 heteroatoms. The number of aryl methyl sites for hydroxylation is 2. The minimum Gasteiger partial charge on any atom is -0.494 e. The van der Waals surface area contributed by atoms with Crippen molar-refractivity contribution < 1.29 is 22.7 Å². The van der Waals surface area contributed by atoms with Crippen LogP contribution in [0.3, 0.4) is 0 Å². The van der Waals surface area contributed by atoms with Crippen molar-refractivity contribution >= 4 is 10.0 Å². The highest BCUT2D eigenvalue weighted by Gasteiger charge is 2.19. The van der Waals surface area contributed by atoms with Crippen LogP contribution in [0.2, 0.25) is 0 Å². The van der Waals surface area contributed by atoms with Gasteiger partial charge in [0.05, 0.1) is 11.5 Å². The predicted octanol–water partition coefficient (Wildman–Crippen LogP) is 2.31. The molecule has 2 aromatic rings. The zero-order chi connectivity index (χ0) is 17.0. The molecule has 0 radical (unpaired) electrons. The molecule has 1 atom stereocenters. The molecule has 1 unspecified atom stereocenters. The Bertz CT molecular complexity index is 767.